The molecular formula is C11H11F2NOS2. The molecule has 17 heavy (non-hydrogen) atoms. The van der Waals surface area contributed by atoms with Gasteiger partial charge in [-0.1, -0.05) is 23.9 Å². The van der Waals surface area contributed by atoms with Crippen LogP contribution in [-0.2, 0) is 0 Å². The predicted octanol–water partition coefficient (Wildman–Crippen LogP) is 3.15. The summed E-state index contributed by atoms with van der Waals surface area (Å²) in [4.78, 5) is 14.1. The van der Waals surface area contributed by atoms with E-state index in [2.05, 4.69) is 0 Å². The molecule has 1 aromatic carbocycles. The van der Waals surface area contributed by atoms with Gasteiger partial charge in [0.15, 0.2) is 0 Å². The molecule has 2 nitrogen and oxygen atoms in total. The van der Waals surface area contributed by atoms with E-state index in [1.165, 1.54) is 0 Å². The summed E-state index contributed by atoms with van der Waals surface area (Å²) in [5.41, 5.74) is 0.375. The molecule has 0 aromatic heterocycles. The van der Waals surface area contributed by atoms with Crippen molar-refractivity contribution >= 4 is 29.4 Å². The Hall–Kier alpha value is -0.750. The lowest BCUT2D eigenvalue weighted by atomic mass is 10.2. The van der Waals surface area contributed by atoms with Gasteiger partial charge in [-0.3, -0.25) is 4.79 Å². The van der Waals surface area contributed by atoms with Crippen molar-refractivity contribution in [3.63, 3.8) is 0 Å². The maximum absolute atomic E-state index is 12.4. The van der Waals surface area contributed by atoms with E-state index in [1.54, 1.807) is 40.9 Å². The van der Waals surface area contributed by atoms with E-state index < -0.39 is 5.76 Å². The molecule has 2 rings (SSSR count). The SMILES string of the molecule is O=C(c1ccccc1SC(F)F)N1CCSC1. The van der Waals surface area contributed by atoms with Gasteiger partial charge < -0.3 is 4.90 Å². The lowest BCUT2D eigenvalue weighted by molar-refractivity contribution is 0.0799. The number of thioether (sulfide) groups is 2. The minimum atomic E-state index is -2.50. The predicted molar refractivity (Wildman–Crippen MR) is 66.7 cm³/mol. The van der Waals surface area contributed by atoms with Crippen LogP contribution < -0.4 is 0 Å². The number of hydrogen-bond acceptors (Lipinski definition) is 3. The fourth-order valence-electron chi connectivity index (χ4n) is 1.59. The fraction of sp³-hybridized carbons (Fsp3) is 0.364. The van der Waals surface area contributed by atoms with Crippen LogP contribution >= 0.6 is 23.5 Å². The Morgan fingerprint density at radius 2 is 2.18 bits per heavy atom. The Kier molecular flexibility index (Phi) is 4.28. The monoisotopic (exact) mass is 275 g/mol. The minimum absolute atomic E-state index is 0.154. The van der Waals surface area contributed by atoms with Gasteiger partial charge in [-0.15, -0.1) is 11.8 Å². The third-order valence-corrected chi connectivity index (χ3v) is 4.13. The number of alkyl halides is 2. The molecule has 0 radical (unpaired) electrons. The lowest BCUT2D eigenvalue weighted by Gasteiger charge is -2.16. The number of nitrogens with zero attached hydrogens (tertiary/aromatic N) is 1. The Morgan fingerprint density at radius 1 is 1.41 bits per heavy atom. The van der Waals surface area contributed by atoms with Gasteiger partial charge >= 0.3 is 0 Å². The maximum Gasteiger partial charge on any atom is 0.288 e. The molecule has 1 aliphatic rings. The Balaban J connectivity index is 2.21. The first-order chi connectivity index (χ1) is 8.18. The average Bonchev–Trinajstić information content (AvgIpc) is 2.81. The summed E-state index contributed by atoms with van der Waals surface area (Å²) in [6.45, 7) is 0.692. The van der Waals surface area contributed by atoms with Crippen molar-refractivity contribution in [3.05, 3.63) is 29.8 Å². The highest BCUT2D eigenvalue weighted by molar-refractivity contribution is 7.99. The third kappa shape index (κ3) is 3.13. The summed E-state index contributed by atoms with van der Waals surface area (Å²) >= 11 is 2.10. The van der Waals surface area contributed by atoms with E-state index in [1.807, 2.05) is 0 Å². The first-order valence-corrected chi connectivity index (χ1v) is 7.13. The van der Waals surface area contributed by atoms with E-state index in [0.29, 0.717) is 34.6 Å². The van der Waals surface area contributed by atoms with Gasteiger partial charge in [0.25, 0.3) is 11.7 Å². The quantitative estimate of drug-likeness (QED) is 0.790. The first kappa shape index (κ1) is 12.7. The Labute approximate surface area is 107 Å². The molecule has 0 N–H and O–H groups in total. The minimum Gasteiger partial charge on any atom is -0.329 e. The highest BCUT2D eigenvalue weighted by Gasteiger charge is 2.23. The van der Waals surface area contributed by atoms with Gasteiger partial charge in [0, 0.05) is 17.2 Å². The van der Waals surface area contributed by atoms with Crippen molar-refractivity contribution in [1.82, 2.24) is 4.90 Å². The van der Waals surface area contributed by atoms with Gasteiger partial charge in [0.1, 0.15) is 0 Å². The van der Waals surface area contributed by atoms with Crippen molar-refractivity contribution < 1.29 is 13.6 Å². The zero-order valence-corrected chi connectivity index (χ0v) is 10.6. The van der Waals surface area contributed by atoms with Crippen molar-refractivity contribution in [1.29, 1.82) is 0 Å². The smallest absolute Gasteiger partial charge is 0.288 e. The molecule has 0 saturated carbocycles. The second-order valence-corrected chi connectivity index (χ2v) is 5.59. The molecule has 0 spiro atoms. The number of hydrogen-bond donors (Lipinski definition) is 0. The highest BCUT2D eigenvalue weighted by atomic mass is 32.2. The first-order valence-electron chi connectivity index (χ1n) is 5.09. The molecule has 6 heteroatoms. The highest BCUT2D eigenvalue weighted by Crippen LogP contribution is 2.30. The van der Waals surface area contributed by atoms with Gasteiger partial charge in [0.05, 0.1) is 11.4 Å². The summed E-state index contributed by atoms with van der Waals surface area (Å²) in [6, 6.07) is 6.54. The summed E-state index contributed by atoms with van der Waals surface area (Å²) in [5, 5.41) is 0. The van der Waals surface area contributed by atoms with Crippen LogP contribution in [0.5, 0.6) is 0 Å². The van der Waals surface area contributed by atoms with Crippen molar-refractivity contribution in [2.75, 3.05) is 18.2 Å². The Morgan fingerprint density at radius 3 is 2.82 bits per heavy atom. The summed E-state index contributed by atoms with van der Waals surface area (Å²) in [5.74, 6) is -1.10. The summed E-state index contributed by atoms with van der Waals surface area (Å²) in [6.07, 6.45) is 0. The second kappa shape index (κ2) is 5.73. The third-order valence-electron chi connectivity index (χ3n) is 2.37. The van der Waals surface area contributed by atoms with Crippen LogP contribution in [0.3, 0.4) is 0 Å². The molecule has 1 saturated heterocycles. The number of benzene rings is 1. The number of carbonyl (C=O) groups is 1. The van der Waals surface area contributed by atoms with Gasteiger partial charge in [0.2, 0.25) is 0 Å². The van der Waals surface area contributed by atoms with Crippen molar-refractivity contribution in [3.8, 4) is 0 Å². The van der Waals surface area contributed by atoms with E-state index in [0.717, 1.165) is 5.75 Å². The largest absolute Gasteiger partial charge is 0.329 e. The Bertz CT molecular complexity index is 408. The number of carbonyl (C=O) groups excluding carboxylic acids is 1. The van der Waals surface area contributed by atoms with Crippen molar-refractivity contribution in [2.45, 2.75) is 10.7 Å². The van der Waals surface area contributed by atoms with E-state index in [9.17, 15) is 13.6 Å². The molecule has 1 aliphatic heterocycles. The molecule has 0 bridgehead atoms. The van der Waals surface area contributed by atoms with Crippen LogP contribution in [0.2, 0.25) is 0 Å². The van der Waals surface area contributed by atoms with Crippen LogP contribution in [0.1, 0.15) is 10.4 Å². The molecule has 1 aromatic rings. The van der Waals surface area contributed by atoms with Gasteiger partial charge in [-0.05, 0) is 12.1 Å². The van der Waals surface area contributed by atoms with Crippen molar-refractivity contribution in [2.24, 2.45) is 0 Å². The van der Waals surface area contributed by atoms with E-state index in [4.69, 9.17) is 0 Å². The van der Waals surface area contributed by atoms with Crippen LogP contribution in [0, 0.1) is 0 Å². The molecule has 0 atom stereocenters. The number of rotatable bonds is 3. The van der Waals surface area contributed by atoms with Gasteiger partial charge in [-0.2, -0.15) is 8.78 Å². The molecule has 0 aliphatic carbocycles. The lowest BCUT2D eigenvalue weighted by Crippen LogP contribution is -2.28. The van der Waals surface area contributed by atoms with E-state index >= 15 is 0 Å². The molecule has 1 amide bonds. The van der Waals surface area contributed by atoms with Crippen LogP contribution in [0.25, 0.3) is 0 Å². The maximum atomic E-state index is 12.4. The zero-order valence-electron chi connectivity index (χ0n) is 8.94. The molecule has 1 fully saturated rings. The standard InChI is InChI=1S/C11H11F2NOS2/c12-11(13)17-9-4-2-1-3-8(9)10(15)14-5-6-16-7-14/h1-4,11H,5-7H2. The normalized spacial score (nSPS) is 15.6. The molecule has 1 heterocycles. The van der Waals surface area contributed by atoms with Crippen LogP contribution in [0.4, 0.5) is 8.78 Å². The zero-order chi connectivity index (χ0) is 12.3. The fourth-order valence-corrected chi connectivity index (χ4v) is 3.16. The second-order valence-electron chi connectivity index (χ2n) is 3.48. The van der Waals surface area contributed by atoms with Crippen LogP contribution in [-0.4, -0.2) is 34.7 Å². The molecule has 0 unspecified atom stereocenters. The molecule has 92 valence electrons. The molecular weight excluding hydrogens is 264 g/mol. The van der Waals surface area contributed by atoms with E-state index in [-0.39, 0.29) is 5.91 Å². The van der Waals surface area contributed by atoms with Crippen LogP contribution in [0.15, 0.2) is 29.2 Å². The average molecular weight is 275 g/mol. The summed E-state index contributed by atoms with van der Waals surface area (Å²) < 4.78 is 24.8. The topological polar surface area (TPSA) is 20.3 Å². The summed E-state index contributed by atoms with van der Waals surface area (Å²) in [7, 11) is 0. The number of halogens is 2. The number of amides is 1. The van der Waals surface area contributed by atoms with Gasteiger partial charge in [-0.25, -0.2) is 0 Å².